The van der Waals surface area contributed by atoms with Crippen molar-refractivity contribution in [1.29, 1.82) is 0 Å². The van der Waals surface area contributed by atoms with E-state index in [-0.39, 0.29) is 5.91 Å². The van der Waals surface area contributed by atoms with Gasteiger partial charge in [-0.1, -0.05) is 26.2 Å². The first-order valence-corrected chi connectivity index (χ1v) is 7.08. The third-order valence-electron chi connectivity index (χ3n) is 4.30. The lowest BCUT2D eigenvalue weighted by molar-refractivity contribution is 0.0928. The quantitative estimate of drug-likeness (QED) is 0.875. The number of nitrogen functional groups attached to an aromatic ring is 1. The topological polar surface area (TPSA) is 72.9 Å². The van der Waals surface area contributed by atoms with Gasteiger partial charge in [0.1, 0.15) is 5.69 Å². The maximum atomic E-state index is 12.2. The maximum absolute atomic E-state index is 12.2. The highest BCUT2D eigenvalue weighted by atomic mass is 16.2. The van der Waals surface area contributed by atoms with Crippen LogP contribution in [0, 0.1) is 18.8 Å². The number of carbonyl (C=O) groups is 1. The van der Waals surface area contributed by atoms with Gasteiger partial charge in [0, 0.05) is 13.6 Å². The van der Waals surface area contributed by atoms with E-state index in [9.17, 15) is 4.79 Å². The van der Waals surface area contributed by atoms with Gasteiger partial charge in [-0.25, -0.2) is 0 Å². The van der Waals surface area contributed by atoms with Crippen LogP contribution in [0.25, 0.3) is 0 Å². The minimum absolute atomic E-state index is 0.113. The monoisotopic (exact) mass is 264 g/mol. The molecule has 2 atom stereocenters. The molecule has 2 unspecified atom stereocenters. The van der Waals surface area contributed by atoms with E-state index >= 15 is 0 Å². The fourth-order valence-electron chi connectivity index (χ4n) is 2.95. The predicted octanol–water partition coefficient (Wildman–Crippen LogP) is 1.87. The molecule has 1 aromatic rings. The SMILES string of the molecule is Cc1nn(C)c(C(=O)NCC2CCCCC2C)c1N. The molecule has 0 aromatic carbocycles. The molecule has 0 radical (unpaired) electrons. The summed E-state index contributed by atoms with van der Waals surface area (Å²) >= 11 is 0. The normalized spacial score (nSPS) is 23.3. The molecule has 106 valence electrons. The van der Waals surface area contributed by atoms with E-state index in [0.717, 1.165) is 6.54 Å². The standard InChI is InChI=1S/C14H24N4O/c1-9-6-4-5-7-11(9)8-16-14(19)13-12(15)10(2)17-18(13)3/h9,11H,4-8,15H2,1-3H3,(H,16,19). The summed E-state index contributed by atoms with van der Waals surface area (Å²) in [6, 6.07) is 0. The van der Waals surface area contributed by atoms with Crippen molar-refractivity contribution in [3.63, 3.8) is 0 Å². The average molecular weight is 264 g/mol. The lowest BCUT2D eigenvalue weighted by Gasteiger charge is -2.28. The molecule has 0 bridgehead atoms. The molecule has 1 fully saturated rings. The summed E-state index contributed by atoms with van der Waals surface area (Å²) < 4.78 is 1.56. The highest BCUT2D eigenvalue weighted by Gasteiger charge is 2.23. The Morgan fingerprint density at radius 2 is 2.16 bits per heavy atom. The third kappa shape index (κ3) is 2.91. The predicted molar refractivity (Wildman–Crippen MR) is 75.8 cm³/mol. The summed E-state index contributed by atoms with van der Waals surface area (Å²) in [6.07, 6.45) is 5.08. The van der Waals surface area contributed by atoms with Crippen LogP contribution in [0.2, 0.25) is 0 Å². The van der Waals surface area contributed by atoms with Gasteiger partial charge in [-0.3, -0.25) is 9.48 Å². The van der Waals surface area contributed by atoms with E-state index in [4.69, 9.17) is 5.73 Å². The van der Waals surface area contributed by atoms with Gasteiger partial charge in [0.15, 0.2) is 0 Å². The Kier molecular flexibility index (Phi) is 4.12. The Hall–Kier alpha value is -1.52. The number of nitrogens with one attached hydrogen (secondary N) is 1. The van der Waals surface area contributed by atoms with Gasteiger partial charge < -0.3 is 11.1 Å². The van der Waals surface area contributed by atoms with E-state index in [1.165, 1.54) is 25.7 Å². The summed E-state index contributed by atoms with van der Waals surface area (Å²) in [5, 5.41) is 7.19. The Morgan fingerprint density at radius 3 is 2.74 bits per heavy atom. The number of hydrogen-bond donors (Lipinski definition) is 2. The largest absolute Gasteiger partial charge is 0.395 e. The van der Waals surface area contributed by atoms with Gasteiger partial charge in [-0.15, -0.1) is 0 Å². The molecule has 0 spiro atoms. The fourth-order valence-corrected chi connectivity index (χ4v) is 2.95. The Labute approximate surface area is 114 Å². The minimum Gasteiger partial charge on any atom is -0.395 e. The number of hydrogen-bond acceptors (Lipinski definition) is 3. The lowest BCUT2D eigenvalue weighted by atomic mass is 9.80. The molecule has 1 saturated carbocycles. The van der Waals surface area contributed by atoms with Crippen LogP contribution in [-0.2, 0) is 7.05 Å². The molecule has 0 aliphatic heterocycles. The molecule has 1 heterocycles. The molecule has 1 aliphatic rings. The van der Waals surface area contributed by atoms with Crippen molar-refractivity contribution >= 4 is 11.6 Å². The molecule has 0 saturated heterocycles. The zero-order chi connectivity index (χ0) is 14.0. The smallest absolute Gasteiger partial charge is 0.271 e. The van der Waals surface area contributed by atoms with E-state index < -0.39 is 0 Å². The molecule has 1 amide bonds. The van der Waals surface area contributed by atoms with Gasteiger partial charge in [-0.2, -0.15) is 5.10 Å². The first kappa shape index (κ1) is 13.9. The van der Waals surface area contributed by atoms with Gasteiger partial charge >= 0.3 is 0 Å². The van der Waals surface area contributed by atoms with Crippen molar-refractivity contribution in [2.45, 2.75) is 39.5 Å². The van der Waals surface area contributed by atoms with Crippen LogP contribution in [0.3, 0.4) is 0 Å². The zero-order valence-corrected chi connectivity index (χ0v) is 12.1. The summed E-state index contributed by atoms with van der Waals surface area (Å²) in [7, 11) is 1.75. The first-order chi connectivity index (χ1) is 9.00. The molecular weight excluding hydrogens is 240 g/mol. The Bertz CT molecular complexity index is 466. The first-order valence-electron chi connectivity index (χ1n) is 7.08. The number of aromatic nitrogens is 2. The van der Waals surface area contributed by atoms with Crippen LogP contribution < -0.4 is 11.1 Å². The number of amides is 1. The van der Waals surface area contributed by atoms with E-state index in [0.29, 0.717) is 28.9 Å². The summed E-state index contributed by atoms with van der Waals surface area (Å²) in [5.41, 5.74) is 7.56. The van der Waals surface area contributed by atoms with Crippen molar-refractivity contribution in [2.24, 2.45) is 18.9 Å². The molecule has 1 aliphatic carbocycles. The second kappa shape index (κ2) is 5.63. The molecule has 19 heavy (non-hydrogen) atoms. The number of aryl methyl sites for hydroxylation is 2. The molecule has 5 nitrogen and oxygen atoms in total. The number of nitrogens with zero attached hydrogens (tertiary/aromatic N) is 2. The Morgan fingerprint density at radius 1 is 1.47 bits per heavy atom. The van der Waals surface area contributed by atoms with Gasteiger partial charge in [0.25, 0.3) is 5.91 Å². The molecular formula is C14H24N4O. The number of nitrogens with two attached hydrogens (primary N) is 1. The van der Waals surface area contributed by atoms with Crippen LogP contribution in [0.1, 0.15) is 48.8 Å². The summed E-state index contributed by atoms with van der Waals surface area (Å²) in [6.45, 7) is 4.83. The molecule has 2 rings (SSSR count). The van der Waals surface area contributed by atoms with Crippen molar-refractivity contribution in [1.82, 2.24) is 15.1 Å². The highest BCUT2D eigenvalue weighted by Crippen LogP contribution is 2.29. The van der Waals surface area contributed by atoms with Crippen LogP contribution in [0.15, 0.2) is 0 Å². The summed E-state index contributed by atoms with van der Waals surface area (Å²) in [5.74, 6) is 1.17. The Balaban J connectivity index is 1.97. The summed E-state index contributed by atoms with van der Waals surface area (Å²) in [4.78, 5) is 12.2. The number of rotatable bonds is 3. The third-order valence-corrected chi connectivity index (χ3v) is 4.30. The molecule has 3 N–H and O–H groups in total. The van der Waals surface area contributed by atoms with Crippen LogP contribution in [-0.4, -0.2) is 22.2 Å². The van der Waals surface area contributed by atoms with Gasteiger partial charge in [0.05, 0.1) is 11.4 Å². The average Bonchev–Trinajstić information content (AvgIpc) is 2.62. The van der Waals surface area contributed by atoms with Crippen molar-refractivity contribution in [3.8, 4) is 0 Å². The van der Waals surface area contributed by atoms with Gasteiger partial charge in [-0.05, 0) is 25.2 Å². The molecule has 5 heteroatoms. The van der Waals surface area contributed by atoms with Crippen molar-refractivity contribution in [3.05, 3.63) is 11.4 Å². The second-order valence-electron chi connectivity index (χ2n) is 5.70. The number of carbonyl (C=O) groups excluding carboxylic acids is 1. The van der Waals surface area contributed by atoms with Crippen molar-refractivity contribution < 1.29 is 4.79 Å². The second-order valence-corrected chi connectivity index (χ2v) is 5.70. The van der Waals surface area contributed by atoms with Crippen molar-refractivity contribution in [2.75, 3.05) is 12.3 Å². The lowest BCUT2D eigenvalue weighted by Crippen LogP contribution is -2.34. The zero-order valence-electron chi connectivity index (χ0n) is 12.1. The maximum Gasteiger partial charge on any atom is 0.271 e. The van der Waals surface area contributed by atoms with Gasteiger partial charge in [0.2, 0.25) is 0 Å². The van der Waals surface area contributed by atoms with Crippen LogP contribution >= 0.6 is 0 Å². The highest BCUT2D eigenvalue weighted by molar-refractivity contribution is 5.97. The van der Waals surface area contributed by atoms with E-state index in [1.807, 2.05) is 6.92 Å². The minimum atomic E-state index is -0.113. The number of anilines is 1. The van der Waals surface area contributed by atoms with E-state index in [2.05, 4.69) is 17.3 Å². The fraction of sp³-hybridized carbons (Fsp3) is 0.714. The van der Waals surface area contributed by atoms with E-state index in [1.54, 1.807) is 11.7 Å². The van der Waals surface area contributed by atoms with Crippen LogP contribution in [0.4, 0.5) is 5.69 Å². The molecule has 1 aromatic heterocycles. The van der Waals surface area contributed by atoms with Crippen LogP contribution in [0.5, 0.6) is 0 Å².